The first kappa shape index (κ1) is 13.1. The zero-order valence-corrected chi connectivity index (χ0v) is 11.8. The SMILES string of the molecule is CC(C)CC(=O)C1C(=O)c2ccc(Br)cc2C1=O. The van der Waals surface area contributed by atoms with Crippen LogP contribution < -0.4 is 0 Å². The number of carbonyl (C=O) groups excluding carboxylic acids is 3. The molecule has 0 saturated heterocycles. The maximum Gasteiger partial charge on any atom is 0.181 e. The molecule has 3 nitrogen and oxygen atoms in total. The summed E-state index contributed by atoms with van der Waals surface area (Å²) >= 11 is 3.26. The lowest BCUT2D eigenvalue weighted by Gasteiger charge is -2.07. The molecule has 1 aliphatic carbocycles. The maximum absolute atomic E-state index is 12.1. The first-order chi connectivity index (χ1) is 8.41. The van der Waals surface area contributed by atoms with Gasteiger partial charge in [-0.25, -0.2) is 0 Å². The number of Topliss-reactive ketones (excluding diaryl/α,β-unsaturated/α-hetero) is 3. The third-order valence-corrected chi connectivity index (χ3v) is 3.46. The first-order valence-corrected chi connectivity index (χ1v) is 6.61. The van der Waals surface area contributed by atoms with Crippen molar-refractivity contribution in [2.24, 2.45) is 11.8 Å². The molecule has 1 unspecified atom stereocenters. The molecule has 1 aromatic carbocycles. The van der Waals surface area contributed by atoms with Gasteiger partial charge in [-0.15, -0.1) is 0 Å². The molecule has 0 bridgehead atoms. The molecule has 0 fully saturated rings. The molecule has 1 aromatic rings. The van der Waals surface area contributed by atoms with E-state index >= 15 is 0 Å². The first-order valence-electron chi connectivity index (χ1n) is 5.82. The fourth-order valence-electron chi connectivity index (χ4n) is 2.18. The summed E-state index contributed by atoms with van der Waals surface area (Å²) in [6.45, 7) is 3.79. The summed E-state index contributed by atoms with van der Waals surface area (Å²) in [4.78, 5) is 36.2. The number of fused-ring (bicyclic) bond motifs is 1. The van der Waals surface area contributed by atoms with Crippen LogP contribution in [0.2, 0.25) is 0 Å². The van der Waals surface area contributed by atoms with Gasteiger partial charge in [-0.3, -0.25) is 14.4 Å². The average molecular weight is 309 g/mol. The van der Waals surface area contributed by atoms with Crippen molar-refractivity contribution < 1.29 is 14.4 Å². The van der Waals surface area contributed by atoms with Crippen molar-refractivity contribution in [2.75, 3.05) is 0 Å². The Kier molecular flexibility index (Phi) is 3.48. The lowest BCUT2D eigenvalue weighted by Crippen LogP contribution is -2.26. The molecule has 0 amide bonds. The third-order valence-electron chi connectivity index (χ3n) is 2.97. The molecule has 0 spiro atoms. The van der Waals surface area contributed by atoms with Gasteiger partial charge in [0.05, 0.1) is 0 Å². The van der Waals surface area contributed by atoms with Gasteiger partial charge in [0.2, 0.25) is 0 Å². The van der Waals surface area contributed by atoms with Crippen LogP contribution >= 0.6 is 15.9 Å². The second-order valence-corrected chi connectivity index (χ2v) is 5.83. The van der Waals surface area contributed by atoms with Crippen LogP contribution in [-0.4, -0.2) is 17.3 Å². The summed E-state index contributed by atoms with van der Waals surface area (Å²) in [5.74, 6) is -1.95. The van der Waals surface area contributed by atoms with Crippen molar-refractivity contribution in [3.05, 3.63) is 33.8 Å². The molecule has 94 valence electrons. The summed E-state index contributed by atoms with van der Waals surface area (Å²) < 4.78 is 0.736. The van der Waals surface area contributed by atoms with Crippen molar-refractivity contribution in [3.8, 4) is 0 Å². The molecule has 0 aliphatic heterocycles. The Morgan fingerprint density at radius 3 is 2.44 bits per heavy atom. The molecular formula is C14H13BrO3. The Bertz CT molecular complexity index is 546. The molecule has 4 heteroatoms. The van der Waals surface area contributed by atoms with E-state index in [0.29, 0.717) is 11.1 Å². The second-order valence-electron chi connectivity index (χ2n) is 4.92. The van der Waals surface area contributed by atoms with E-state index in [2.05, 4.69) is 15.9 Å². The van der Waals surface area contributed by atoms with E-state index < -0.39 is 5.92 Å². The normalized spacial score (nSPS) is 18.3. The summed E-state index contributed by atoms with van der Waals surface area (Å²) in [6.07, 6.45) is 0.261. The topological polar surface area (TPSA) is 51.2 Å². The van der Waals surface area contributed by atoms with Gasteiger partial charge in [-0.2, -0.15) is 0 Å². The number of hydrogen-bond donors (Lipinski definition) is 0. The molecule has 18 heavy (non-hydrogen) atoms. The standard InChI is InChI=1S/C14H13BrO3/c1-7(2)5-11(16)12-13(17)9-4-3-8(15)6-10(9)14(12)18/h3-4,6-7,12H,5H2,1-2H3. The quantitative estimate of drug-likeness (QED) is 0.806. The minimum absolute atomic E-state index is 0.147. The highest BCUT2D eigenvalue weighted by atomic mass is 79.9. The van der Waals surface area contributed by atoms with Crippen LogP contribution in [-0.2, 0) is 4.79 Å². The van der Waals surface area contributed by atoms with Gasteiger partial charge in [-0.1, -0.05) is 29.8 Å². The van der Waals surface area contributed by atoms with Crippen LogP contribution in [0.5, 0.6) is 0 Å². The van der Waals surface area contributed by atoms with Crippen molar-refractivity contribution in [3.63, 3.8) is 0 Å². The zero-order valence-electron chi connectivity index (χ0n) is 10.2. The number of halogens is 1. The molecular weight excluding hydrogens is 296 g/mol. The fourth-order valence-corrected chi connectivity index (χ4v) is 2.54. The molecule has 0 aromatic heterocycles. The minimum atomic E-state index is -1.11. The number of ketones is 3. The average Bonchev–Trinajstić information content (AvgIpc) is 2.50. The van der Waals surface area contributed by atoms with E-state index in [1.165, 1.54) is 0 Å². The Balaban J connectivity index is 2.37. The van der Waals surface area contributed by atoms with E-state index in [4.69, 9.17) is 0 Å². The molecule has 0 radical (unpaired) electrons. The van der Waals surface area contributed by atoms with Gasteiger partial charge in [0, 0.05) is 22.0 Å². The summed E-state index contributed by atoms with van der Waals surface area (Å²) in [6, 6.07) is 4.92. The summed E-state index contributed by atoms with van der Waals surface area (Å²) in [7, 11) is 0. The van der Waals surface area contributed by atoms with Crippen LogP contribution in [0.15, 0.2) is 22.7 Å². The fraction of sp³-hybridized carbons (Fsp3) is 0.357. The number of carbonyl (C=O) groups is 3. The monoisotopic (exact) mass is 308 g/mol. The molecule has 2 rings (SSSR count). The van der Waals surface area contributed by atoms with Gasteiger partial charge < -0.3 is 0 Å². The van der Waals surface area contributed by atoms with Gasteiger partial charge in [-0.05, 0) is 24.1 Å². The number of rotatable bonds is 3. The highest BCUT2D eigenvalue weighted by Gasteiger charge is 2.42. The van der Waals surface area contributed by atoms with Crippen LogP contribution in [0.1, 0.15) is 41.0 Å². The van der Waals surface area contributed by atoms with Gasteiger partial charge in [0.15, 0.2) is 17.3 Å². The Morgan fingerprint density at radius 1 is 1.22 bits per heavy atom. The van der Waals surface area contributed by atoms with E-state index in [9.17, 15) is 14.4 Å². The van der Waals surface area contributed by atoms with Crippen LogP contribution in [0.25, 0.3) is 0 Å². The molecule has 0 heterocycles. The van der Waals surface area contributed by atoms with E-state index in [0.717, 1.165) is 4.47 Å². The van der Waals surface area contributed by atoms with Crippen molar-refractivity contribution in [1.82, 2.24) is 0 Å². The van der Waals surface area contributed by atoms with E-state index in [1.54, 1.807) is 18.2 Å². The summed E-state index contributed by atoms with van der Waals surface area (Å²) in [5, 5.41) is 0. The van der Waals surface area contributed by atoms with Gasteiger partial charge in [0.25, 0.3) is 0 Å². The van der Waals surface area contributed by atoms with Crippen molar-refractivity contribution >= 4 is 33.3 Å². The predicted octanol–water partition coefficient (Wildman–Crippen LogP) is 3.06. The lowest BCUT2D eigenvalue weighted by atomic mass is 9.92. The molecule has 1 aliphatic rings. The largest absolute Gasteiger partial charge is 0.298 e. The van der Waals surface area contributed by atoms with Crippen LogP contribution in [0.3, 0.4) is 0 Å². The Labute approximate surface area is 114 Å². The van der Waals surface area contributed by atoms with Crippen molar-refractivity contribution in [1.29, 1.82) is 0 Å². The Morgan fingerprint density at radius 2 is 1.83 bits per heavy atom. The Hall–Kier alpha value is -1.29. The van der Waals surface area contributed by atoms with Crippen LogP contribution in [0, 0.1) is 11.8 Å². The van der Waals surface area contributed by atoms with Crippen molar-refractivity contribution in [2.45, 2.75) is 20.3 Å². The highest BCUT2D eigenvalue weighted by molar-refractivity contribution is 9.10. The predicted molar refractivity (Wildman–Crippen MR) is 70.8 cm³/mol. The lowest BCUT2D eigenvalue weighted by molar-refractivity contribution is -0.120. The zero-order chi connectivity index (χ0) is 13.4. The maximum atomic E-state index is 12.1. The molecule has 0 N–H and O–H groups in total. The third kappa shape index (κ3) is 2.17. The van der Waals surface area contributed by atoms with E-state index in [-0.39, 0.29) is 29.7 Å². The molecule has 0 saturated carbocycles. The second kappa shape index (κ2) is 4.76. The van der Waals surface area contributed by atoms with E-state index in [1.807, 2.05) is 13.8 Å². The van der Waals surface area contributed by atoms with Crippen LogP contribution in [0.4, 0.5) is 0 Å². The number of hydrogen-bond acceptors (Lipinski definition) is 3. The van der Waals surface area contributed by atoms with Gasteiger partial charge >= 0.3 is 0 Å². The number of benzene rings is 1. The smallest absolute Gasteiger partial charge is 0.181 e. The highest BCUT2D eigenvalue weighted by Crippen LogP contribution is 2.30. The summed E-state index contributed by atoms with van der Waals surface area (Å²) in [5.41, 5.74) is 0.724. The van der Waals surface area contributed by atoms with Gasteiger partial charge in [0.1, 0.15) is 5.92 Å². The minimum Gasteiger partial charge on any atom is -0.298 e. The molecule has 1 atom stereocenters.